The van der Waals surface area contributed by atoms with Gasteiger partial charge in [0.2, 0.25) is 0 Å². The van der Waals surface area contributed by atoms with E-state index in [0.29, 0.717) is 19.1 Å². The lowest BCUT2D eigenvalue weighted by Gasteiger charge is -2.27. The van der Waals surface area contributed by atoms with E-state index in [-0.39, 0.29) is 0 Å². The molecule has 0 spiro atoms. The van der Waals surface area contributed by atoms with Crippen molar-refractivity contribution in [2.24, 2.45) is 4.99 Å². The number of alkyl carbamates (subject to hydrolysis) is 1. The Morgan fingerprint density at radius 1 is 1.26 bits per heavy atom. The number of carbonyl (C=O) groups excluding carboxylic acids is 1. The zero-order valence-corrected chi connectivity index (χ0v) is 17.7. The number of nitrogens with one attached hydrogen (secondary N) is 3. The Hall–Kier alpha value is -1.80. The minimum absolute atomic E-state index is 0.367. The first kappa shape index (κ1) is 21.5. The molecule has 1 amide bonds. The highest BCUT2D eigenvalue weighted by molar-refractivity contribution is 7.10. The average molecular weight is 396 g/mol. The highest BCUT2D eigenvalue weighted by Gasteiger charge is 2.24. The standard InChI is InChI=1S/C19H33N5O2S/c1-19(2,3)26-18(25)22-10-9-21-17(20-4)23-14-15(16-8-7-13-27-16)24-11-5-6-12-24/h7-8,13,15H,5-6,9-12,14H2,1-4H3,(H,22,25)(H2,20,21,23). The Bertz CT molecular complexity index is 592. The van der Waals surface area contributed by atoms with Gasteiger partial charge < -0.3 is 20.7 Å². The summed E-state index contributed by atoms with van der Waals surface area (Å²) in [6.07, 6.45) is 2.13. The lowest BCUT2D eigenvalue weighted by molar-refractivity contribution is 0.0529. The normalized spacial score (nSPS) is 16.8. The van der Waals surface area contributed by atoms with Crippen molar-refractivity contribution >= 4 is 23.4 Å². The Balaban J connectivity index is 1.74. The van der Waals surface area contributed by atoms with Crippen LogP contribution in [0.4, 0.5) is 4.79 Å². The van der Waals surface area contributed by atoms with Crippen molar-refractivity contribution in [1.82, 2.24) is 20.9 Å². The van der Waals surface area contributed by atoms with E-state index < -0.39 is 11.7 Å². The van der Waals surface area contributed by atoms with Crippen molar-refractivity contribution in [2.45, 2.75) is 45.3 Å². The predicted octanol–water partition coefficient (Wildman–Crippen LogP) is 2.57. The number of aliphatic imine (C=N–C) groups is 1. The van der Waals surface area contributed by atoms with Gasteiger partial charge in [-0.1, -0.05) is 6.07 Å². The number of carbonyl (C=O) groups is 1. The molecule has 27 heavy (non-hydrogen) atoms. The first-order chi connectivity index (χ1) is 12.9. The van der Waals surface area contributed by atoms with Gasteiger partial charge in [-0.05, 0) is 58.1 Å². The topological polar surface area (TPSA) is 78.0 Å². The number of rotatable bonds is 7. The second kappa shape index (κ2) is 10.5. The molecule has 7 nitrogen and oxygen atoms in total. The van der Waals surface area contributed by atoms with Crippen LogP contribution in [-0.2, 0) is 4.74 Å². The highest BCUT2D eigenvalue weighted by Crippen LogP contribution is 2.27. The molecule has 0 aromatic carbocycles. The van der Waals surface area contributed by atoms with Crippen molar-refractivity contribution in [3.63, 3.8) is 0 Å². The van der Waals surface area contributed by atoms with Crippen molar-refractivity contribution in [3.05, 3.63) is 22.4 Å². The van der Waals surface area contributed by atoms with E-state index in [0.717, 1.165) is 25.6 Å². The molecule has 1 fully saturated rings. The predicted molar refractivity (Wildman–Crippen MR) is 111 cm³/mol. The van der Waals surface area contributed by atoms with Crippen LogP contribution in [0.25, 0.3) is 0 Å². The van der Waals surface area contributed by atoms with Crippen LogP contribution in [0.3, 0.4) is 0 Å². The van der Waals surface area contributed by atoms with Gasteiger partial charge in [-0.3, -0.25) is 9.89 Å². The number of thiophene rings is 1. The molecule has 1 atom stereocenters. The SMILES string of the molecule is CN=C(NCCNC(=O)OC(C)(C)C)NCC(c1cccs1)N1CCCC1. The van der Waals surface area contributed by atoms with Crippen molar-refractivity contribution in [1.29, 1.82) is 0 Å². The van der Waals surface area contributed by atoms with Gasteiger partial charge in [-0.2, -0.15) is 0 Å². The number of nitrogens with zero attached hydrogens (tertiary/aromatic N) is 2. The monoisotopic (exact) mass is 395 g/mol. The van der Waals surface area contributed by atoms with Crippen LogP contribution in [-0.4, -0.2) is 62.3 Å². The Morgan fingerprint density at radius 3 is 2.56 bits per heavy atom. The third-order valence-electron chi connectivity index (χ3n) is 4.23. The summed E-state index contributed by atoms with van der Waals surface area (Å²) in [6.45, 7) is 9.69. The van der Waals surface area contributed by atoms with Crippen LogP contribution < -0.4 is 16.0 Å². The number of ether oxygens (including phenoxy) is 1. The summed E-state index contributed by atoms with van der Waals surface area (Å²) in [7, 11) is 1.76. The molecular weight excluding hydrogens is 362 g/mol. The molecule has 3 N–H and O–H groups in total. The van der Waals surface area contributed by atoms with Crippen molar-refractivity contribution in [2.75, 3.05) is 39.8 Å². The second-order valence-electron chi connectivity index (χ2n) is 7.58. The van der Waals surface area contributed by atoms with E-state index in [1.807, 2.05) is 20.8 Å². The average Bonchev–Trinajstić information content (AvgIpc) is 3.29. The molecule has 0 saturated carbocycles. The van der Waals surface area contributed by atoms with Crippen LogP contribution in [0.2, 0.25) is 0 Å². The summed E-state index contributed by atoms with van der Waals surface area (Å²) in [6, 6.07) is 4.68. The second-order valence-corrected chi connectivity index (χ2v) is 8.56. The van der Waals surface area contributed by atoms with Gasteiger partial charge in [-0.15, -0.1) is 11.3 Å². The van der Waals surface area contributed by atoms with Crippen LogP contribution in [0.15, 0.2) is 22.5 Å². The lowest BCUT2D eigenvalue weighted by Crippen LogP contribution is -2.45. The van der Waals surface area contributed by atoms with Crippen molar-refractivity contribution < 1.29 is 9.53 Å². The molecule has 0 bridgehead atoms. The molecule has 1 unspecified atom stereocenters. The zero-order valence-electron chi connectivity index (χ0n) is 16.9. The fourth-order valence-electron chi connectivity index (χ4n) is 3.02. The van der Waals surface area contributed by atoms with Gasteiger partial charge in [-0.25, -0.2) is 4.79 Å². The van der Waals surface area contributed by atoms with Crippen LogP contribution in [0.5, 0.6) is 0 Å². The molecule has 1 aromatic heterocycles. The fourth-order valence-corrected chi connectivity index (χ4v) is 3.88. The largest absolute Gasteiger partial charge is 0.444 e. The third-order valence-corrected chi connectivity index (χ3v) is 5.20. The van der Waals surface area contributed by atoms with Crippen LogP contribution in [0.1, 0.15) is 44.5 Å². The van der Waals surface area contributed by atoms with Gasteiger partial charge >= 0.3 is 6.09 Å². The maximum absolute atomic E-state index is 11.7. The number of hydrogen-bond donors (Lipinski definition) is 3. The fraction of sp³-hybridized carbons (Fsp3) is 0.684. The van der Waals surface area contributed by atoms with E-state index in [4.69, 9.17) is 4.74 Å². The molecular formula is C19H33N5O2S. The summed E-state index contributed by atoms with van der Waals surface area (Å²) in [5.41, 5.74) is -0.485. The Kier molecular flexibility index (Phi) is 8.37. The molecule has 1 saturated heterocycles. The number of hydrogen-bond acceptors (Lipinski definition) is 5. The summed E-state index contributed by atoms with van der Waals surface area (Å²) in [5.74, 6) is 0.738. The molecule has 0 aliphatic carbocycles. The molecule has 1 aliphatic rings. The first-order valence-electron chi connectivity index (χ1n) is 9.58. The van der Waals surface area contributed by atoms with Crippen LogP contribution >= 0.6 is 11.3 Å². The molecule has 2 rings (SSSR count). The molecule has 2 heterocycles. The summed E-state index contributed by atoms with van der Waals surface area (Å²) < 4.78 is 5.22. The molecule has 1 aromatic rings. The number of amides is 1. The van der Waals surface area contributed by atoms with Gasteiger partial charge in [0.05, 0.1) is 6.04 Å². The van der Waals surface area contributed by atoms with E-state index in [1.54, 1.807) is 18.4 Å². The Morgan fingerprint density at radius 2 is 1.96 bits per heavy atom. The van der Waals surface area contributed by atoms with Gasteiger partial charge in [0.15, 0.2) is 5.96 Å². The summed E-state index contributed by atoms with van der Waals surface area (Å²) in [5, 5.41) is 11.5. The quantitative estimate of drug-likeness (QED) is 0.376. The molecule has 0 radical (unpaired) electrons. The highest BCUT2D eigenvalue weighted by atomic mass is 32.1. The molecule has 1 aliphatic heterocycles. The molecule has 8 heteroatoms. The summed E-state index contributed by atoms with van der Waals surface area (Å²) in [4.78, 5) is 19.9. The van der Waals surface area contributed by atoms with E-state index >= 15 is 0 Å². The molecule has 152 valence electrons. The smallest absolute Gasteiger partial charge is 0.407 e. The van der Waals surface area contributed by atoms with E-state index in [1.165, 1.54) is 17.7 Å². The van der Waals surface area contributed by atoms with Crippen LogP contribution in [0, 0.1) is 0 Å². The van der Waals surface area contributed by atoms with Gasteiger partial charge in [0, 0.05) is 31.6 Å². The number of likely N-dealkylation sites (tertiary alicyclic amines) is 1. The van der Waals surface area contributed by atoms with E-state index in [2.05, 4.69) is 43.4 Å². The Labute approximate surface area is 166 Å². The maximum Gasteiger partial charge on any atom is 0.407 e. The van der Waals surface area contributed by atoms with Crippen molar-refractivity contribution in [3.8, 4) is 0 Å². The van der Waals surface area contributed by atoms with Gasteiger partial charge in [0.1, 0.15) is 5.60 Å². The number of guanidine groups is 1. The lowest BCUT2D eigenvalue weighted by atomic mass is 10.2. The zero-order chi connectivity index (χ0) is 19.7. The maximum atomic E-state index is 11.7. The minimum atomic E-state index is -0.485. The third kappa shape index (κ3) is 7.76. The summed E-state index contributed by atoms with van der Waals surface area (Å²) >= 11 is 1.80. The minimum Gasteiger partial charge on any atom is -0.444 e. The van der Waals surface area contributed by atoms with E-state index in [9.17, 15) is 4.79 Å². The first-order valence-corrected chi connectivity index (χ1v) is 10.5. The van der Waals surface area contributed by atoms with Gasteiger partial charge in [0.25, 0.3) is 0 Å².